The fourth-order valence-corrected chi connectivity index (χ4v) is 3.86. The predicted molar refractivity (Wildman–Crippen MR) is 112 cm³/mol. The topological polar surface area (TPSA) is 51.9 Å². The standard InChI is InChI=1S/C24H27NO4/c1-27-20-9-10-22-19(17-29-23(22)15-20)14-24(26)25-12-11-21(16-25)28-13-5-8-18-6-3-2-4-7-18/h2-4,6-7,9-10,15,17,21H,5,8,11-14,16H2,1H3/t21-/m0/s1. The van der Waals surface area contributed by atoms with E-state index in [1.165, 1.54) is 5.56 Å². The number of hydrogen-bond acceptors (Lipinski definition) is 4. The molecule has 2 aromatic carbocycles. The van der Waals surface area contributed by atoms with Gasteiger partial charge in [0.25, 0.3) is 0 Å². The molecule has 5 nitrogen and oxygen atoms in total. The molecule has 1 atom stereocenters. The molecule has 2 heterocycles. The van der Waals surface area contributed by atoms with Crippen molar-refractivity contribution >= 4 is 16.9 Å². The molecule has 152 valence electrons. The van der Waals surface area contributed by atoms with Gasteiger partial charge in [-0.15, -0.1) is 0 Å². The third kappa shape index (κ3) is 4.80. The smallest absolute Gasteiger partial charge is 0.227 e. The second-order valence-corrected chi connectivity index (χ2v) is 7.51. The van der Waals surface area contributed by atoms with Crippen LogP contribution in [0, 0.1) is 0 Å². The SMILES string of the molecule is COc1ccc2c(CC(=O)N3CC[C@H](OCCCc4ccccc4)C3)coc2c1. The number of nitrogens with zero attached hydrogens (tertiary/aromatic N) is 1. The number of hydrogen-bond donors (Lipinski definition) is 0. The molecule has 0 aliphatic carbocycles. The van der Waals surface area contributed by atoms with Crippen molar-refractivity contribution in [3.63, 3.8) is 0 Å². The van der Waals surface area contributed by atoms with Crippen molar-refractivity contribution in [3.8, 4) is 5.75 Å². The van der Waals surface area contributed by atoms with E-state index in [0.717, 1.165) is 54.7 Å². The average Bonchev–Trinajstić information content (AvgIpc) is 3.39. The average molecular weight is 393 g/mol. The first-order valence-electron chi connectivity index (χ1n) is 10.2. The Morgan fingerprint density at radius 3 is 2.90 bits per heavy atom. The Labute approximate surface area is 171 Å². The van der Waals surface area contributed by atoms with Crippen LogP contribution in [0.2, 0.25) is 0 Å². The maximum atomic E-state index is 12.7. The number of amides is 1. The highest BCUT2D eigenvalue weighted by atomic mass is 16.5. The Kier molecular flexibility index (Phi) is 6.15. The van der Waals surface area contributed by atoms with Gasteiger partial charge in [-0.1, -0.05) is 30.3 Å². The maximum Gasteiger partial charge on any atom is 0.227 e. The van der Waals surface area contributed by atoms with Crippen LogP contribution >= 0.6 is 0 Å². The van der Waals surface area contributed by atoms with Gasteiger partial charge in [0.05, 0.1) is 25.9 Å². The molecule has 0 spiro atoms. The normalized spacial score (nSPS) is 16.4. The van der Waals surface area contributed by atoms with Gasteiger partial charge in [-0.2, -0.15) is 0 Å². The summed E-state index contributed by atoms with van der Waals surface area (Å²) in [6.07, 6.45) is 5.09. The number of aryl methyl sites for hydroxylation is 1. The molecule has 5 heteroatoms. The molecule has 0 radical (unpaired) electrons. The van der Waals surface area contributed by atoms with Crippen LogP contribution in [0.1, 0.15) is 24.0 Å². The number of rotatable bonds is 8. The van der Waals surface area contributed by atoms with Gasteiger partial charge in [-0.25, -0.2) is 0 Å². The number of carbonyl (C=O) groups is 1. The molecule has 1 aliphatic heterocycles. The van der Waals surface area contributed by atoms with E-state index in [2.05, 4.69) is 24.3 Å². The Morgan fingerprint density at radius 1 is 1.21 bits per heavy atom. The highest BCUT2D eigenvalue weighted by Gasteiger charge is 2.27. The number of benzene rings is 2. The van der Waals surface area contributed by atoms with Gasteiger partial charge in [0.15, 0.2) is 0 Å². The Bertz CT molecular complexity index is 950. The van der Waals surface area contributed by atoms with Crippen molar-refractivity contribution in [1.82, 2.24) is 4.90 Å². The van der Waals surface area contributed by atoms with E-state index in [9.17, 15) is 4.79 Å². The summed E-state index contributed by atoms with van der Waals surface area (Å²) in [4.78, 5) is 14.7. The third-order valence-corrected chi connectivity index (χ3v) is 5.51. The van der Waals surface area contributed by atoms with Crippen molar-refractivity contribution < 1.29 is 18.7 Å². The minimum Gasteiger partial charge on any atom is -0.497 e. The van der Waals surface area contributed by atoms with Crippen molar-refractivity contribution in [2.24, 2.45) is 0 Å². The number of likely N-dealkylation sites (tertiary alicyclic amines) is 1. The second kappa shape index (κ2) is 9.14. The fourth-order valence-electron chi connectivity index (χ4n) is 3.86. The van der Waals surface area contributed by atoms with E-state index in [0.29, 0.717) is 13.0 Å². The summed E-state index contributed by atoms with van der Waals surface area (Å²) in [6, 6.07) is 16.1. The summed E-state index contributed by atoms with van der Waals surface area (Å²) in [7, 11) is 1.63. The summed E-state index contributed by atoms with van der Waals surface area (Å²) in [6.45, 7) is 2.16. The summed E-state index contributed by atoms with van der Waals surface area (Å²) in [5, 5.41) is 0.965. The van der Waals surface area contributed by atoms with Crippen molar-refractivity contribution in [2.45, 2.75) is 31.8 Å². The lowest BCUT2D eigenvalue weighted by atomic mass is 10.1. The quantitative estimate of drug-likeness (QED) is 0.537. The van der Waals surface area contributed by atoms with E-state index in [1.807, 2.05) is 29.2 Å². The first kappa shape index (κ1) is 19.5. The van der Waals surface area contributed by atoms with Crippen molar-refractivity contribution in [3.05, 3.63) is 65.9 Å². The van der Waals surface area contributed by atoms with E-state index in [-0.39, 0.29) is 12.0 Å². The monoisotopic (exact) mass is 393 g/mol. The highest BCUT2D eigenvalue weighted by Crippen LogP contribution is 2.26. The number of furan rings is 1. The van der Waals surface area contributed by atoms with Gasteiger partial charge >= 0.3 is 0 Å². The van der Waals surface area contributed by atoms with E-state index < -0.39 is 0 Å². The van der Waals surface area contributed by atoms with Crippen LogP contribution in [0.4, 0.5) is 0 Å². The van der Waals surface area contributed by atoms with Gasteiger partial charge in [-0.05, 0) is 37.0 Å². The number of carbonyl (C=O) groups excluding carboxylic acids is 1. The van der Waals surface area contributed by atoms with Gasteiger partial charge in [-0.3, -0.25) is 4.79 Å². The first-order valence-corrected chi connectivity index (χ1v) is 10.2. The lowest BCUT2D eigenvalue weighted by molar-refractivity contribution is -0.129. The molecule has 0 bridgehead atoms. The summed E-state index contributed by atoms with van der Waals surface area (Å²) >= 11 is 0. The van der Waals surface area contributed by atoms with Gasteiger partial charge in [0.1, 0.15) is 11.3 Å². The van der Waals surface area contributed by atoms with Crippen LogP contribution < -0.4 is 4.74 Å². The lowest BCUT2D eigenvalue weighted by Crippen LogP contribution is -2.31. The van der Waals surface area contributed by atoms with Crippen LogP contribution in [0.15, 0.2) is 59.2 Å². The maximum absolute atomic E-state index is 12.7. The molecular formula is C24H27NO4. The molecule has 1 saturated heterocycles. The van der Waals surface area contributed by atoms with Crippen LogP contribution in [0.5, 0.6) is 5.75 Å². The molecule has 4 rings (SSSR count). The number of fused-ring (bicyclic) bond motifs is 1. The first-order chi connectivity index (χ1) is 14.2. The minimum atomic E-state index is 0.124. The minimum absolute atomic E-state index is 0.124. The van der Waals surface area contributed by atoms with E-state index in [4.69, 9.17) is 13.9 Å². The number of ether oxygens (including phenoxy) is 2. The van der Waals surface area contributed by atoms with Crippen LogP contribution in [0.3, 0.4) is 0 Å². The van der Waals surface area contributed by atoms with Crippen molar-refractivity contribution in [2.75, 3.05) is 26.8 Å². The predicted octanol–water partition coefficient (Wildman–Crippen LogP) is 4.23. The molecule has 3 aromatic rings. The molecule has 0 N–H and O–H groups in total. The molecular weight excluding hydrogens is 366 g/mol. The molecule has 0 saturated carbocycles. The zero-order valence-electron chi connectivity index (χ0n) is 16.8. The van der Waals surface area contributed by atoms with E-state index in [1.54, 1.807) is 13.4 Å². The summed E-state index contributed by atoms with van der Waals surface area (Å²) in [5.74, 6) is 0.871. The summed E-state index contributed by atoms with van der Waals surface area (Å²) < 4.78 is 16.8. The molecule has 0 unspecified atom stereocenters. The Morgan fingerprint density at radius 2 is 2.07 bits per heavy atom. The largest absolute Gasteiger partial charge is 0.497 e. The van der Waals surface area contributed by atoms with Crippen molar-refractivity contribution in [1.29, 1.82) is 0 Å². The van der Waals surface area contributed by atoms with Gasteiger partial charge in [0.2, 0.25) is 5.91 Å². The van der Waals surface area contributed by atoms with Gasteiger partial charge in [0, 0.05) is 36.7 Å². The zero-order valence-corrected chi connectivity index (χ0v) is 16.8. The lowest BCUT2D eigenvalue weighted by Gasteiger charge is -2.16. The van der Waals surface area contributed by atoms with Crippen LogP contribution in [-0.4, -0.2) is 43.7 Å². The van der Waals surface area contributed by atoms with Crippen LogP contribution in [0.25, 0.3) is 11.0 Å². The Hall–Kier alpha value is -2.79. The number of methoxy groups -OCH3 is 1. The Balaban J connectivity index is 1.24. The molecule has 1 aromatic heterocycles. The molecule has 1 amide bonds. The molecule has 1 aliphatic rings. The molecule has 29 heavy (non-hydrogen) atoms. The zero-order chi connectivity index (χ0) is 20.1. The van der Waals surface area contributed by atoms with Gasteiger partial charge < -0.3 is 18.8 Å². The highest BCUT2D eigenvalue weighted by molar-refractivity contribution is 5.88. The van der Waals surface area contributed by atoms with Crippen LogP contribution in [-0.2, 0) is 22.4 Å². The second-order valence-electron chi connectivity index (χ2n) is 7.51. The molecule has 1 fully saturated rings. The summed E-state index contributed by atoms with van der Waals surface area (Å²) in [5.41, 5.74) is 3.00. The fraction of sp³-hybridized carbons (Fsp3) is 0.375. The van der Waals surface area contributed by atoms with E-state index >= 15 is 0 Å². The third-order valence-electron chi connectivity index (χ3n) is 5.51.